The SMILES string of the molecule is CC1CCN(C(=O)Cc2cncn2C)c2ccccc2S1. The number of carbonyl (C=O) groups excluding carboxylic acids is 1. The van der Waals surface area contributed by atoms with Crippen molar-refractivity contribution >= 4 is 23.4 Å². The second-order valence-corrected chi connectivity index (χ2v) is 6.88. The Bertz CT molecular complexity index is 652. The maximum atomic E-state index is 12.7. The lowest BCUT2D eigenvalue weighted by atomic mass is 10.2. The Morgan fingerprint density at radius 2 is 2.24 bits per heavy atom. The molecule has 110 valence electrons. The molecule has 5 heteroatoms. The van der Waals surface area contributed by atoms with Gasteiger partial charge in [-0.05, 0) is 18.6 Å². The highest BCUT2D eigenvalue weighted by molar-refractivity contribution is 8.00. The number of carbonyl (C=O) groups is 1. The third-order valence-corrected chi connectivity index (χ3v) is 5.03. The minimum atomic E-state index is 0.140. The highest BCUT2D eigenvalue weighted by Gasteiger charge is 2.24. The number of hydrogen-bond acceptors (Lipinski definition) is 3. The van der Waals surface area contributed by atoms with Crippen LogP contribution in [-0.4, -0.2) is 27.3 Å². The Morgan fingerprint density at radius 1 is 1.43 bits per heavy atom. The van der Waals surface area contributed by atoms with Crippen LogP contribution in [0.25, 0.3) is 0 Å². The van der Waals surface area contributed by atoms with Gasteiger partial charge in [0.05, 0.1) is 18.4 Å². The van der Waals surface area contributed by atoms with Crippen LogP contribution in [-0.2, 0) is 18.3 Å². The lowest BCUT2D eigenvalue weighted by Crippen LogP contribution is -2.33. The van der Waals surface area contributed by atoms with Gasteiger partial charge in [-0.3, -0.25) is 4.79 Å². The van der Waals surface area contributed by atoms with E-state index in [1.807, 2.05) is 46.5 Å². The minimum absolute atomic E-state index is 0.140. The summed E-state index contributed by atoms with van der Waals surface area (Å²) in [5.41, 5.74) is 1.99. The molecule has 0 aliphatic carbocycles. The molecule has 0 N–H and O–H groups in total. The van der Waals surface area contributed by atoms with Gasteiger partial charge in [-0.25, -0.2) is 4.98 Å². The lowest BCUT2D eigenvalue weighted by Gasteiger charge is -2.22. The maximum absolute atomic E-state index is 12.7. The quantitative estimate of drug-likeness (QED) is 0.856. The second-order valence-electron chi connectivity index (χ2n) is 5.40. The third-order valence-electron chi connectivity index (χ3n) is 3.79. The van der Waals surface area contributed by atoms with Crippen molar-refractivity contribution < 1.29 is 4.79 Å². The molecule has 1 aromatic heterocycles. The van der Waals surface area contributed by atoms with Crippen LogP contribution in [0.1, 0.15) is 19.0 Å². The van der Waals surface area contributed by atoms with Crippen molar-refractivity contribution in [1.82, 2.24) is 9.55 Å². The summed E-state index contributed by atoms with van der Waals surface area (Å²) in [7, 11) is 1.92. The minimum Gasteiger partial charge on any atom is -0.337 e. The van der Waals surface area contributed by atoms with Gasteiger partial charge < -0.3 is 9.47 Å². The normalized spacial score (nSPS) is 18.2. The van der Waals surface area contributed by atoms with Crippen molar-refractivity contribution in [2.75, 3.05) is 11.4 Å². The van der Waals surface area contributed by atoms with Gasteiger partial charge in [-0.2, -0.15) is 0 Å². The number of rotatable bonds is 2. The highest BCUT2D eigenvalue weighted by atomic mass is 32.2. The zero-order valence-corrected chi connectivity index (χ0v) is 13.1. The van der Waals surface area contributed by atoms with E-state index in [1.165, 1.54) is 4.90 Å². The van der Waals surface area contributed by atoms with Crippen LogP contribution >= 0.6 is 11.8 Å². The van der Waals surface area contributed by atoms with E-state index in [2.05, 4.69) is 18.0 Å². The smallest absolute Gasteiger partial charge is 0.233 e. The first kappa shape index (κ1) is 14.2. The topological polar surface area (TPSA) is 38.1 Å². The van der Waals surface area contributed by atoms with Gasteiger partial charge in [-0.1, -0.05) is 19.1 Å². The Kier molecular flexibility index (Phi) is 4.01. The zero-order valence-electron chi connectivity index (χ0n) is 12.3. The zero-order chi connectivity index (χ0) is 14.8. The number of aryl methyl sites for hydroxylation is 1. The number of amides is 1. The molecule has 0 fully saturated rings. The van der Waals surface area contributed by atoms with Crippen LogP contribution in [0, 0.1) is 0 Å². The molecule has 1 aliphatic heterocycles. The largest absolute Gasteiger partial charge is 0.337 e. The molecule has 1 aromatic carbocycles. The lowest BCUT2D eigenvalue weighted by molar-refractivity contribution is -0.118. The van der Waals surface area contributed by atoms with Crippen molar-refractivity contribution in [3.63, 3.8) is 0 Å². The van der Waals surface area contributed by atoms with Crippen molar-refractivity contribution in [3.8, 4) is 0 Å². The number of para-hydroxylation sites is 1. The fraction of sp³-hybridized carbons (Fsp3) is 0.375. The summed E-state index contributed by atoms with van der Waals surface area (Å²) in [5, 5.41) is 0.528. The molecule has 0 saturated heterocycles. The Labute approximate surface area is 129 Å². The molecule has 0 spiro atoms. The molecule has 4 nitrogen and oxygen atoms in total. The van der Waals surface area contributed by atoms with Crippen molar-refractivity contribution in [2.24, 2.45) is 7.05 Å². The summed E-state index contributed by atoms with van der Waals surface area (Å²) in [6.07, 6.45) is 4.90. The molecular formula is C16H19N3OS. The maximum Gasteiger partial charge on any atom is 0.233 e. The van der Waals surface area contributed by atoms with Crippen LogP contribution in [0.2, 0.25) is 0 Å². The second kappa shape index (κ2) is 5.93. The van der Waals surface area contributed by atoms with Crippen LogP contribution < -0.4 is 4.90 Å². The summed E-state index contributed by atoms with van der Waals surface area (Å²) in [6, 6.07) is 8.18. The molecule has 0 bridgehead atoms. The van der Waals surface area contributed by atoms with Gasteiger partial charge in [0.25, 0.3) is 0 Å². The van der Waals surface area contributed by atoms with Gasteiger partial charge in [0.2, 0.25) is 5.91 Å². The molecule has 1 amide bonds. The van der Waals surface area contributed by atoms with Gasteiger partial charge >= 0.3 is 0 Å². The fourth-order valence-electron chi connectivity index (χ4n) is 2.55. The molecular weight excluding hydrogens is 282 g/mol. The van der Waals surface area contributed by atoms with Gasteiger partial charge in [0.1, 0.15) is 0 Å². The van der Waals surface area contributed by atoms with Crippen molar-refractivity contribution in [2.45, 2.75) is 29.9 Å². The average Bonchev–Trinajstić information content (AvgIpc) is 2.78. The van der Waals surface area contributed by atoms with Crippen LogP contribution in [0.3, 0.4) is 0 Å². The third kappa shape index (κ3) is 2.97. The van der Waals surface area contributed by atoms with Gasteiger partial charge in [0, 0.05) is 35.6 Å². The number of benzene rings is 1. The predicted octanol–water partition coefficient (Wildman–Crippen LogP) is 2.88. The summed E-state index contributed by atoms with van der Waals surface area (Å²) >= 11 is 1.85. The standard InChI is InChI=1S/C16H19N3OS/c1-12-7-8-19(14-5-3-4-6-15(14)21-12)16(20)9-13-10-17-11-18(13)2/h3-6,10-12H,7-9H2,1-2H3. The monoisotopic (exact) mass is 301 g/mol. The number of thioether (sulfide) groups is 1. The summed E-state index contributed by atoms with van der Waals surface area (Å²) in [5.74, 6) is 0.140. The summed E-state index contributed by atoms with van der Waals surface area (Å²) < 4.78 is 1.90. The van der Waals surface area contributed by atoms with Gasteiger partial charge in [-0.15, -0.1) is 11.8 Å². The predicted molar refractivity (Wildman–Crippen MR) is 85.6 cm³/mol. The molecule has 0 saturated carbocycles. The van der Waals surface area contributed by atoms with Crippen molar-refractivity contribution in [3.05, 3.63) is 42.5 Å². The number of fused-ring (bicyclic) bond motifs is 1. The summed E-state index contributed by atoms with van der Waals surface area (Å²) in [6.45, 7) is 3.00. The molecule has 1 unspecified atom stereocenters. The van der Waals surface area contributed by atoms with E-state index in [-0.39, 0.29) is 5.91 Å². The fourth-order valence-corrected chi connectivity index (χ4v) is 3.66. The first-order valence-corrected chi connectivity index (χ1v) is 8.04. The Hall–Kier alpha value is -1.75. The number of imidazole rings is 1. The van der Waals surface area contributed by atoms with Gasteiger partial charge in [0.15, 0.2) is 0 Å². The molecule has 3 rings (SSSR count). The van der Waals surface area contributed by atoms with E-state index in [9.17, 15) is 4.79 Å². The van der Waals surface area contributed by atoms with E-state index < -0.39 is 0 Å². The van der Waals surface area contributed by atoms with Crippen LogP contribution in [0.5, 0.6) is 0 Å². The Balaban J connectivity index is 1.87. The van der Waals surface area contributed by atoms with Crippen LogP contribution in [0.4, 0.5) is 5.69 Å². The van der Waals surface area contributed by atoms with Crippen molar-refractivity contribution in [1.29, 1.82) is 0 Å². The number of aromatic nitrogens is 2. The molecule has 2 heterocycles. The molecule has 2 aromatic rings. The van der Waals surface area contributed by atoms with E-state index >= 15 is 0 Å². The van der Waals surface area contributed by atoms with E-state index in [0.717, 1.165) is 24.3 Å². The number of anilines is 1. The van der Waals surface area contributed by atoms with E-state index in [0.29, 0.717) is 11.7 Å². The molecule has 0 radical (unpaired) electrons. The molecule has 21 heavy (non-hydrogen) atoms. The van der Waals surface area contributed by atoms with E-state index in [1.54, 1.807) is 12.5 Å². The molecule has 1 atom stereocenters. The summed E-state index contributed by atoms with van der Waals surface area (Å²) in [4.78, 5) is 19.9. The van der Waals surface area contributed by atoms with Crippen LogP contribution in [0.15, 0.2) is 41.7 Å². The van der Waals surface area contributed by atoms with E-state index in [4.69, 9.17) is 0 Å². The first-order valence-electron chi connectivity index (χ1n) is 7.16. The number of hydrogen-bond donors (Lipinski definition) is 0. The molecule has 1 aliphatic rings. The average molecular weight is 301 g/mol. The first-order chi connectivity index (χ1) is 10.1. The Morgan fingerprint density at radius 3 is 3.00 bits per heavy atom. The highest BCUT2D eigenvalue weighted by Crippen LogP contribution is 2.37. The number of nitrogens with zero attached hydrogens (tertiary/aromatic N) is 3.